The van der Waals surface area contributed by atoms with Gasteiger partial charge in [0, 0.05) is 49.2 Å². The second kappa shape index (κ2) is 6.31. The van der Waals surface area contributed by atoms with Gasteiger partial charge in [0.2, 0.25) is 5.95 Å². The van der Waals surface area contributed by atoms with Gasteiger partial charge in [-0.3, -0.25) is 4.99 Å². The molecule has 0 aliphatic carbocycles. The minimum atomic E-state index is 0.276. The summed E-state index contributed by atoms with van der Waals surface area (Å²) in [6.07, 6.45) is 4.68. The highest BCUT2D eigenvalue weighted by molar-refractivity contribution is 6.23. The van der Waals surface area contributed by atoms with Crippen molar-refractivity contribution in [2.45, 2.75) is 25.3 Å². The molecule has 1 atom stereocenters. The summed E-state index contributed by atoms with van der Waals surface area (Å²) < 4.78 is 0. The molecule has 0 unspecified atom stereocenters. The van der Waals surface area contributed by atoms with E-state index in [1.165, 1.54) is 0 Å². The molecule has 1 aromatic rings. The Labute approximate surface area is 130 Å². The van der Waals surface area contributed by atoms with Crippen molar-refractivity contribution in [2.75, 3.05) is 37.3 Å². The first kappa shape index (κ1) is 14.8. The van der Waals surface area contributed by atoms with Crippen LogP contribution in [0.5, 0.6) is 0 Å². The Morgan fingerprint density at radius 1 is 1.45 bits per heavy atom. The highest BCUT2D eigenvalue weighted by Crippen LogP contribution is 2.25. The molecule has 3 rings (SSSR count). The smallest absolute Gasteiger partial charge is 0.222 e. The Bertz CT molecular complexity index is 608. The molecule has 2 aliphatic heterocycles. The molecule has 7 heteroatoms. The van der Waals surface area contributed by atoms with E-state index in [0.29, 0.717) is 6.04 Å². The number of nitrogens with two attached hydrogens (primary N) is 2. The topological polar surface area (TPSA) is 105 Å². The lowest BCUT2D eigenvalue weighted by Crippen LogP contribution is -2.30. The van der Waals surface area contributed by atoms with Crippen LogP contribution in [0, 0.1) is 0 Å². The summed E-state index contributed by atoms with van der Waals surface area (Å²) >= 11 is 0. The first-order valence-electron chi connectivity index (χ1n) is 7.74. The molecule has 7 nitrogen and oxygen atoms in total. The van der Waals surface area contributed by atoms with Gasteiger partial charge in [0.15, 0.2) is 0 Å². The monoisotopic (exact) mass is 301 g/mol. The maximum Gasteiger partial charge on any atom is 0.222 e. The zero-order chi connectivity index (χ0) is 15.5. The van der Waals surface area contributed by atoms with Crippen molar-refractivity contribution in [2.24, 2.45) is 10.7 Å². The SMILES string of the molecule is CN[C@@H]1CCN(c2cc(/C(=C/N)C3=NCCC3)nc(N)n2)C1. The Kier molecular flexibility index (Phi) is 4.24. The van der Waals surface area contributed by atoms with Gasteiger partial charge >= 0.3 is 0 Å². The molecule has 118 valence electrons. The van der Waals surface area contributed by atoms with Crippen LogP contribution >= 0.6 is 0 Å². The molecule has 2 aliphatic rings. The third-order valence-corrected chi connectivity index (χ3v) is 4.28. The summed E-state index contributed by atoms with van der Waals surface area (Å²) in [6.45, 7) is 2.75. The molecule has 0 radical (unpaired) electrons. The first-order valence-corrected chi connectivity index (χ1v) is 7.74. The van der Waals surface area contributed by atoms with Crippen LogP contribution < -0.4 is 21.7 Å². The maximum absolute atomic E-state index is 5.91. The number of anilines is 2. The third-order valence-electron chi connectivity index (χ3n) is 4.28. The van der Waals surface area contributed by atoms with Gasteiger partial charge in [-0.25, -0.2) is 4.98 Å². The number of aromatic nitrogens is 2. The fourth-order valence-corrected chi connectivity index (χ4v) is 3.05. The van der Waals surface area contributed by atoms with Crippen LogP contribution in [0.2, 0.25) is 0 Å². The van der Waals surface area contributed by atoms with Crippen molar-refractivity contribution in [3.8, 4) is 0 Å². The van der Waals surface area contributed by atoms with Crippen molar-refractivity contribution < 1.29 is 0 Å². The van der Waals surface area contributed by atoms with Gasteiger partial charge in [-0.15, -0.1) is 0 Å². The van der Waals surface area contributed by atoms with Crippen LogP contribution in [0.1, 0.15) is 25.0 Å². The zero-order valence-electron chi connectivity index (χ0n) is 12.9. The maximum atomic E-state index is 5.91. The van der Waals surface area contributed by atoms with E-state index in [1.807, 2.05) is 13.1 Å². The molecule has 5 N–H and O–H groups in total. The number of aliphatic imine (C=N–C) groups is 1. The van der Waals surface area contributed by atoms with Crippen LogP contribution in [-0.2, 0) is 0 Å². The van der Waals surface area contributed by atoms with E-state index in [9.17, 15) is 0 Å². The number of nitrogen functional groups attached to an aromatic ring is 1. The van der Waals surface area contributed by atoms with Crippen LogP contribution in [0.3, 0.4) is 0 Å². The second-order valence-corrected chi connectivity index (χ2v) is 5.70. The van der Waals surface area contributed by atoms with E-state index in [1.54, 1.807) is 6.20 Å². The quantitative estimate of drug-likeness (QED) is 0.743. The molecule has 1 fully saturated rings. The molecular weight excluding hydrogens is 278 g/mol. The summed E-state index contributed by atoms with van der Waals surface area (Å²) in [4.78, 5) is 15.5. The van der Waals surface area contributed by atoms with E-state index >= 15 is 0 Å². The standard InChI is InChI=1S/C15H23N7/c1-18-10-4-6-22(9-10)14-7-13(20-15(17)21-14)11(8-16)12-3-2-5-19-12/h7-8,10,18H,2-6,9,16H2,1H3,(H2,17,20,21)/b11-8+/t10-/m1/s1. The van der Waals surface area contributed by atoms with E-state index < -0.39 is 0 Å². The van der Waals surface area contributed by atoms with Crippen molar-refractivity contribution in [1.82, 2.24) is 15.3 Å². The highest BCUT2D eigenvalue weighted by atomic mass is 15.2. The number of nitrogens with one attached hydrogen (secondary N) is 1. The predicted molar refractivity (Wildman–Crippen MR) is 89.8 cm³/mol. The molecule has 0 saturated carbocycles. The summed E-state index contributed by atoms with van der Waals surface area (Å²) in [6, 6.07) is 2.46. The average Bonchev–Trinajstić information content (AvgIpc) is 3.19. The van der Waals surface area contributed by atoms with E-state index in [-0.39, 0.29) is 5.95 Å². The van der Waals surface area contributed by atoms with Crippen molar-refractivity contribution in [1.29, 1.82) is 0 Å². The molecule has 0 bridgehead atoms. The van der Waals surface area contributed by atoms with Crippen LogP contribution in [-0.4, -0.2) is 48.4 Å². The molecule has 1 aromatic heterocycles. The van der Waals surface area contributed by atoms with Crippen molar-refractivity contribution in [3.63, 3.8) is 0 Å². The van der Waals surface area contributed by atoms with Crippen LogP contribution in [0.25, 0.3) is 5.57 Å². The number of allylic oxidation sites excluding steroid dienone is 1. The van der Waals surface area contributed by atoms with Gasteiger partial charge in [0.1, 0.15) is 5.82 Å². The van der Waals surface area contributed by atoms with Gasteiger partial charge in [0.05, 0.1) is 5.69 Å². The number of rotatable bonds is 4. The number of hydrogen-bond acceptors (Lipinski definition) is 7. The van der Waals surface area contributed by atoms with Gasteiger partial charge in [-0.1, -0.05) is 0 Å². The van der Waals surface area contributed by atoms with Gasteiger partial charge in [0.25, 0.3) is 0 Å². The number of likely N-dealkylation sites (N-methyl/N-ethyl adjacent to an activating group) is 1. The first-order chi connectivity index (χ1) is 10.7. The molecule has 0 spiro atoms. The zero-order valence-corrected chi connectivity index (χ0v) is 12.9. The lowest BCUT2D eigenvalue weighted by molar-refractivity contribution is 0.616. The molecule has 0 amide bonds. The summed E-state index contributed by atoms with van der Waals surface area (Å²) in [7, 11) is 1.99. The minimum Gasteiger partial charge on any atom is -0.404 e. The largest absolute Gasteiger partial charge is 0.404 e. The second-order valence-electron chi connectivity index (χ2n) is 5.70. The van der Waals surface area contributed by atoms with Crippen molar-refractivity contribution in [3.05, 3.63) is 18.0 Å². The van der Waals surface area contributed by atoms with Gasteiger partial charge < -0.3 is 21.7 Å². The van der Waals surface area contributed by atoms with E-state index in [4.69, 9.17) is 11.5 Å². The average molecular weight is 301 g/mol. The minimum absolute atomic E-state index is 0.276. The van der Waals surface area contributed by atoms with E-state index in [0.717, 1.165) is 61.7 Å². The van der Waals surface area contributed by atoms with E-state index in [2.05, 4.69) is 25.2 Å². The van der Waals surface area contributed by atoms with Gasteiger partial charge in [-0.2, -0.15) is 4.98 Å². The molecule has 3 heterocycles. The molecule has 0 aromatic carbocycles. The molecular formula is C15H23N7. The molecule has 1 saturated heterocycles. The predicted octanol–water partition coefficient (Wildman–Crippen LogP) is 0.391. The fourth-order valence-electron chi connectivity index (χ4n) is 3.05. The van der Waals surface area contributed by atoms with Gasteiger partial charge in [-0.05, 0) is 26.3 Å². The van der Waals surface area contributed by atoms with Crippen LogP contribution in [0.4, 0.5) is 11.8 Å². The molecule has 22 heavy (non-hydrogen) atoms. The lowest BCUT2D eigenvalue weighted by atomic mass is 10.1. The lowest BCUT2D eigenvalue weighted by Gasteiger charge is -2.19. The van der Waals surface area contributed by atoms with Crippen molar-refractivity contribution >= 4 is 23.1 Å². The highest BCUT2D eigenvalue weighted by Gasteiger charge is 2.24. The summed E-state index contributed by atoms with van der Waals surface area (Å²) in [5, 5.41) is 3.30. The number of hydrogen-bond donors (Lipinski definition) is 3. The Balaban J connectivity index is 1.89. The normalized spacial score (nSPS) is 22.2. The Hall–Kier alpha value is -2.15. The fraction of sp³-hybridized carbons (Fsp3) is 0.533. The van der Waals surface area contributed by atoms with Crippen LogP contribution in [0.15, 0.2) is 17.3 Å². The Morgan fingerprint density at radius 2 is 2.32 bits per heavy atom. The third kappa shape index (κ3) is 2.89. The Morgan fingerprint density at radius 3 is 2.95 bits per heavy atom. The summed E-state index contributed by atoms with van der Waals surface area (Å²) in [5.74, 6) is 1.14. The number of nitrogens with zero attached hydrogens (tertiary/aromatic N) is 4. The summed E-state index contributed by atoms with van der Waals surface area (Å²) in [5.41, 5.74) is 14.4.